The van der Waals surface area contributed by atoms with Crippen molar-refractivity contribution >= 4 is 11.6 Å². The predicted octanol–water partition coefficient (Wildman–Crippen LogP) is 1.71. The molecule has 4 nitrogen and oxygen atoms in total. The van der Waals surface area contributed by atoms with Crippen LogP contribution >= 0.6 is 11.6 Å². The van der Waals surface area contributed by atoms with Crippen LogP contribution in [0.25, 0.3) is 5.82 Å². The summed E-state index contributed by atoms with van der Waals surface area (Å²) in [5.74, 6) is 1.08. The quantitative estimate of drug-likeness (QED) is 0.706. The first kappa shape index (κ1) is 9.15. The van der Waals surface area contributed by atoms with Gasteiger partial charge in [-0.25, -0.2) is 9.67 Å². The minimum Gasteiger partial charge on any atom is -0.254 e. The standard InChI is InChI=1S/C9H9ClN4/c1-7-3-13-14(6-7)9-5-11-8(2-10)4-12-9/h3-6H,2H2,1H3. The maximum atomic E-state index is 5.60. The van der Waals surface area contributed by atoms with Crippen molar-refractivity contribution in [2.45, 2.75) is 12.8 Å². The molecule has 0 atom stereocenters. The van der Waals surface area contributed by atoms with Crippen LogP contribution in [0.5, 0.6) is 0 Å². The summed E-state index contributed by atoms with van der Waals surface area (Å²) in [5, 5.41) is 4.12. The number of rotatable bonds is 2. The van der Waals surface area contributed by atoms with E-state index in [1.165, 1.54) is 0 Å². The molecule has 0 spiro atoms. The highest BCUT2D eigenvalue weighted by Crippen LogP contribution is 2.04. The van der Waals surface area contributed by atoms with Crippen molar-refractivity contribution in [1.29, 1.82) is 0 Å². The number of aryl methyl sites for hydroxylation is 1. The highest BCUT2D eigenvalue weighted by atomic mass is 35.5. The second-order valence-electron chi connectivity index (χ2n) is 2.96. The van der Waals surface area contributed by atoms with Gasteiger partial charge in [0.1, 0.15) is 0 Å². The Hall–Kier alpha value is -1.42. The Balaban J connectivity index is 2.33. The topological polar surface area (TPSA) is 43.6 Å². The lowest BCUT2D eigenvalue weighted by Gasteiger charge is -1.99. The van der Waals surface area contributed by atoms with E-state index in [9.17, 15) is 0 Å². The smallest absolute Gasteiger partial charge is 0.171 e. The second-order valence-corrected chi connectivity index (χ2v) is 3.23. The van der Waals surface area contributed by atoms with Crippen molar-refractivity contribution in [3.05, 3.63) is 36.0 Å². The zero-order chi connectivity index (χ0) is 9.97. The van der Waals surface area contributed by atoms with E-state index in [1.807, 2.05) is 13.1 Å². The van der Waals surface area contributed by atoms with E-state index in [-0.39, 0.29) is 0 Å². The van der Waals surface area contributed by atoms with Crippen LogP contribution in [0.15, 0.2) is 24.8 Å². The summed E-state index contributed by atoms with van der Waals surface area (Å²) in [6.07, 6.45) is 6.98. The fraction of sp³-hybridized carbons (Fsp3) is 0.222. The molecule has 0 aliphatic carbocycles. The van der Waals surface area contributed by atoms with Gasteiger partial charge in [-0.2, -0.15) is 5.10 Å². The van der Waals surface area contributed by atoms with Crippen molar-refractivity contribution in [1.82, 2.24) is 19.7 Å². The molecule has 0 saturated heterocycles. The van der Waals surface area contributed by atoms with Crippen LogP contribution in [0.2, 0.25) is 0 Å². The SMILES string of the molecule is Cc1cnn(-c2cnc(CCl)cn2)c1. The summed E-state index contributed by atoms with van der Waals surface area (Å²) >= 11 is 5.60. The molecule has 5 heteroatoms. The summed E-state index contributed by atoms with van der Waals surface area (Å²) in [6.45, 7) is 1.98. The number of aromatic nitrogens is 4. The Labute approximate surface area is 86.6 Å². The summed E-state index contributed by atoms with van der Waals surface area (Å²) in [7, 11) is 0. The second kappa shape index (κ2) is 3.75. The summed E-state index contributed by atoms with van der Waals surface area (Å²) in [6, 6.07) is 0. The molecule has 14 heavy (non-hydrogen) atoms. The van der Waals surface area contributed by atoms with Crippen molar-refractivity contribution in [3.8, 4) is 5.82 Å². The van der Waals surface area contributed by atoms with Gasteiger partial charge < -0.3 is 0 Å². The first-order chi connectivity index (χ1) is 6.79. The van der Waals surface area contributed by atoms with Crippen molar-refractivity contribution in [2.75, 3.05) is 0 Å². The predicted molar refractivity (Wildman–Crippen MR) is 53.4 cm³/mol. The molecule has 0 aliphatic rings. The number of hydrogen-bond donors (Lipinski definition) is 0. The van der Waals surface area contributed by atoms with Crippen LogP contribution < -0.4 is 0 Å². The average molecular weight is 209 g/mol. The molecule has 72 valence electrons. The van der Waals surface area contributed by atoms with Gasteiger partial charge >= 0.3 is 0 Å². The molecule has 2 aromatic rings. The maximum Gasteiger partial charge on any atom is 0.171 e. The monoisotopic (exact) mass is 208 g/mol. The van der Waals surface area contributed by atoms with Gasteiger partial charge in [0, 0.05) is 6.20 Å². The summed E-state index contributed by atoms with van der Waals surface area (Å²) < 4.78 is 1.68. The van der Waals surface area contributed by atoms with E-state index in [1.54, 1.807) is 23.3 Å². The molecule has 0 radical (unpaired) electrons. The minimum atomic E-state index is 0.380. The third-order valence-corrected chi connectivity index (χ3v) is 2.05. The van der Waals surface area contributed by atoms with Crippen LogP contribution in [0, 0.1) is 6.92 Å². The summed E-state index contributed by atoms with van der Waals surface area (Å²) in [5.41, 5.74) is 1.85. The molecule has 0 aromatic carbocycles. The fourth-order valence-electron chi connectivity index (χ4n) is 1.07. The van der Waals surface area contributed by atoms with Crippen molar-refractivity contribution in [3.63, 3.8) is 0 Å². The molecule has 0 amide bonds. The van der Waals surface area contributed by atoms with Gasteiger partial charge in [0.05, 0.1) is 30.2 Å². The molecule has 0 N–H and O–H groups in total. The van der Waals surface area contributed by atoms with Crippen LogP contribution in [-0.4, -0.2) is 19.7 Å². The van der Waals surface area contributed by atoms with Crippen molar-refractivity contribution < 1.29 is 0 Å². The number of hydrogen-bond acceptors (Lipinski definition) is 3. The van der Waals surface area contributed by atoms with Crippen LogP contribution in [-0.2, 0) is 5.88 Å². The number of nitrogens with zero attached hydrogens (tertiary/aromatic N) is 4. The lowest BCUT2D eigenvalue weighted by molar-refractivity contribution is 0.832. The van der Waals surface area contributed by atoms with Gasteiger partial charge in [-0.05, 0) is 12.5 Å². The van der Waals surface area contributed by atoms with Gasteiger partial charge in [0.2, 0.25) is 0 Å². The van der Waals surface area contributed by atoms with E-state index in [0.29, 0.717) is 11.7 Å². The molecular weight excluding hydrogens is 200 g/mol. The first-order valence-corrected chi connectivity index (χ1v) is 4.71. The minimum absolute atomic E-state index is 0.380. The number of halogens is 1. The zero-order valence-corrected chi connectivity index (χ0v) is 8.44. The molecule has 2 aromatic heterocycles. The zero-order valence-electron chi connectivity index (χ0n) is 7.68. The number of alkyl halides is 1. The maximum absolute atomic E-state index is 5.60. The third-order valence-electron chi connectivity index (χ3n) is 1.78. The van der Waals surface area contributed by atoms with Crippen LogP contribution in [0.4, 0.5) is 0 Å². The Morgan fingerprint density at radius 1 is 1.29 bits per heavy atom. The van der Waals surface area contributed by atoms with E-state index in [2.05, 4.69) is 15.1 Å². The van der Waals surface area contributed by atoms with Gasteiger partial charge in [-0.15, -0.1) is 11.6 Å². The van der Waals surface area contributed by atoms with Crippen molar-refractivity contribution in [2.24, 2.45) is 0 Å². The first-order valence-electron chi connectivity index (χ1n) is 4.18. The lowest BCUT2D eigenvalue weighted by Crippen LogP contribution is -1.99. The molecular formula is C9H9ClN4. The van der Waals surface area contributed by atoms with Gasteiger partial charge in [0.15, 0.2) is 5.82 Å². The van der Waals surface area contributed by atoms with E-state index in [4.69, 9.17) is 11.6 Å². The molecule has 0 bridgehead atoms. The molecule has 2 rings (SSSR count). The van der Waals surface area contributed by atoms with Crippen LogP contribution in [0.3, 0.4) is 0 Å². The Bertz CT molecular complexity index is 421. The van der Waals surface area contributed by atoms with E-state index in [0.717, 1.165) is 11.3 Å². The molecule has 0 unspecified atom stereocenters. The Morgan fingerprint density at radius 3 is 2.64 bits per heavy atom. The summed E-state index contributed by atoms with van der Waals surface area (Å²) in [4.78, 5) is 8.31. The van der Waals surface area contributed by atoms with Gasteiger partial charge in [0.25, 0.3) is 0 Å². The van der Waals surface area contributed by atoms with Gasteiger partial charge in [-0.3, -0.25) is 4.98 Å². The van der Waals surface area contributed by atoms with E-state index >= 15 is 0 Å². The Kier molecular flexibility index (Phi) is 2.45. The highest BCUT2D eigenvalue weighted by molar-refractivity contribution is 6.16. The Morgan fingerprint density at radius 2 is 2.14 bits per heavy atom. The normalized spacial score (nSPS) is 10.4. The van der Waals surface area contributed by atoms with Gasteiger partial charge in [-0.1, -0.05) is 0 Å². The largest absolute Gasteiger partial charge is 0.254 e. The van der Waals surface area contributed by atoms with Crippen LogP contribution in [0.1, 0.15) is 11.3 Å². The highest BCUT2D eigenvalue weighted by Gasteiger charge is 2.00. The molecule has 2 heterocycles. The molecule has 0 aliphatic heterocycles. The average Bonchev–Trinajstić information content (AvgIpc) is 2.65. The lowest BCUT2D eigenvalue weighted by atomic mass is 10.4. The third kappa shape index (κ3) is 1.75. The fourth-order valence-corrected chi connectivity index (χ4v) is 1.21. The molecule has 0 saturated carbocycles. The molecule has 0 fully saturated rings. The van der Waals surface area contributed by atoms with E-state index < -0.39 is 0 Å².